The fourth-order valence-corrected chi connectivity index (χ4v) is 3.25. The highest BCUT2D eigenvalue weighted by atomic mass is 35.5. The first-order valence-electron chi connectivity index (χ1n) is 4.42. The zero-order chi connectivity index (χ0) is 8.06. The monoisotopic (exact) mass is 192 g/mol. The van der Waals surface area contributed by atoms with Crippen LogP contribution in [0.4, 0.5) is 0 Å². The average molecular weight is 193 g/mol. The highest BCUT2D eigenvalue weighted by molar-refractivity contribution is 6.44. The second-order valence-electron chi connectivity index (χ2n) is 4.36. The number of alkyl halides is 2. The van der Waals surface area contributed by atoms with Crippen molar-refractivity contribution in [3.05, 3.63) is 0 Å². The first kappa shape index (κ1) is 8.19. The lowest BCUT2D eigenvalue weighted by atomic mass is 9.83. The second kappa shape index (κ2) is 2.53. The minimum atomic E-state index is -0.123. The van der Waals surface area contributed by atoms with Gasteiger partial charge in [-0.2, -0.15) is 0 Å². The molecule has 0 unspecified atom stereocenters. The highest BCUT2D eigenvalue weighted by Gasteiger charge is 2.56. The third kappa shape index (κ3) is 1.29. The summed E-state index contributed by atoms with van der Waals surface area (Å²) in [5.74, 6) is 1.44. The van der Waals surface area contributed by atoms with Crippen LogP contribution in [0.1, 0.15) is 32.6 Å². The van der Waals surface area contributed by atoms with Gasteiger partial charge in [0.1, 0.15) is 4.84 Å². The van der Waals surface area contributed by atoms with Crippen molar-refractivity contribution in [2.75, 3.05) is 0 Å². The van der Waals surface area contributed by atoms with Crippen molar-refractivity contribution in [3.63, 3.8) is 0 Å². The summed E-state index contributed by atoms with van der Waals surface area (Å²) in [6.45, 7) is 2.37. The molecule has 0 aromatic rings. The smallest absolute Gasteiger partial charge is 0.105 e. The second-order valence-corrected chi connectivity index (χ2v) is 5.52. The van der Waals surface area contributed by atoms with Gasteiger partial charge >= 0.3 is 0 Å². The van der Waals surface area contributed by atoms with Gasteiger partial charge < -0.3 is 0 Å². The van der Waals surface area contributed by atoms with Crippen molar-refractivity contribution >= 4 is 23.2 Å². The van der Waals surface area contributed by atoms with Crippen LogP contribution < -0.4 is 0 Å². The van der Waals surface area contributed by atoms with Crippen molar-refractivity contribution < 1.29 is 0 Å². The Kier molecular flexibility index (Phi) is 1.89. The number of fused-ring (bicyclic) bond motifs is 1. The van der Waals surface area contributed by atoms with Crippen LogP contribution in [0.15, 0.2) is 0 Å². The number of hydrogen-bond donors (Lipinski definition) is 0. The van der Waals surface area contributed by atoms with E-state index in [-0.39, 0.29) is 4.84 Å². The van der Waals surface area contributed by atoms with Crippen molar-refractivity contribution in [3.8, 4) is 0 Å². The molecule has 2 heteroatoms. The topological polar surface area (TPSA) is 0 Å². The summed E-state index contributed by atoms with van der Waals surface area (Å²) in [5.41, 5.74) is 0.630. The van der Waals surface area contributed by atoms with Gasteiger partial charge in [-0.15, -0.1) is 23.2 Å². The number of hydrogen-bond acceptors (Lipinski definition) is 0. The maximum Gasteiger partial charge on any atom is 0.110 e. The molecule has 0 spiro atoms. The van der Waals surface area contributed by atoms with Crippen molar-refractivity contribution in [2.24, 2.45) is 17.3 Å². The lowest BCUT2D eigenvalue weighted by Crippen LogP contribution is -2.20. The lowest BCUT2D eigenvalue weighted by molar-refractivity contribution is 0.282. The molecule has 0 bridgehead atoms. The minimum Gasteiger partial charge on any atom is -0.105 e. The van der Waals surface area contributed by atoms with Gasteiger partial charge in [0.05, 0.1) is 0 Å². The molecule has 64 valence electrons. The molecule has 2 fully saturated rings. The van der Waals surface area contributed by atoms with Crippen LogP contribution in [0.5, 0.6) is 0 Å². The predicted molar refractivity (Wildman–Crippen MR) is 49.0 cm³/mol. The minimum absolute atomic E-state index is 0.123. The first-order valence-corrected chi connectivity index (χ1v) is 5.29. The maximum absolute atomic E-state index is 5.91. The van der Waals surface area contributed by atoms with Crippen LogP contribution in [0.3, 0.4) is 0 Å². The molecule has 2 aliphatic rings. The van der Waals surface area contributed by atoms with E-state index in [0.717, 1.165) is 5.92 Å². The molecule has 0 amide bonds. The molecule has 0 N–H and O–H groups in total. The molecule has 2 rings (SSSR count). The fraction of sp³-hybridized carbons (Fsp3) is 1.00. The molecule has 0 aromatic carbocycles. The van der Waals surface area contributed by atoms with Crippen LogP contribution in [0.2, 0.25) is 0 Å². The van der Waals surface area contributed by atoms with Gasteiger partial charge in [0.25, 0.3) is 0 Å². The zero-order valence-corrected chi connectivity index (χ0v) is 8.33. The molecule has 0 heterocycles. The largest absolute Gasteiger partial charge is 0.110 e. The van der Waals surface area contributed by atoms with E-state index in [1.165, 1.54) is 25.7 Å². The Labute approximate surface area is 78.3 Å². The van der Waals surface area contributed by atoms with Gasteiger partial charge in [0, 0.05) is 0 Å². The van der Waals surface area contributed by atoms with E-state index < -0.39 is 0 Å². The summed E-state index contributed by atoms with van der Waals surface area (Å²) in [7, 11) is 0. The van der Waals surface area contributed by atoms with Crippen LogP contribution in [0, 0.1) is 17.3 Å². The third-order valence-corrected chi connectivity index (χ3v) is 4.19. The Balaban J connectivity index is 2.03. The maximum atomic E-state index is 5.91. The van der Waals surface area contributed by atoms with Crippen LogP contribution in [0.25, 0.3) is 0 Å². The quantitative estimate of drug-likeness (QED) is 0.558. The van der Waals surface area contributed by atoms with E-state index in [4.69, 9.17) is 23.2 Å². The Morgan fingerprint density at radius 2 is 2.18 bits per heavy atom. The van der Waals surface area contributed by atoms with E-state index in [9.17, 15) is 0 Å². The molecule has 0 saturated heterocycles. The summed E-state index contributed by atoms with van der Waals surface area (Å²) in [5, 5.41) is 0. The van der Waals surface area contributed by atoms with Gasteiger partial charge in [-0.3, -0.25) is 0 Å². The summed E-state index contributed by atoms with van der Waals surface area (Å²) in [6.07, 6.45) is 5.34. The molecule has 0 aromatic heterocycles. The van der Waals surface area contributed by atoms with Gasteiger partial charge in [-0.05, 0) is 36.5 Å². The van der Waals surface area contributed by atoms with Gasteiger partial charge in [-0.1, -0.05) is 13.3 Å². The summed E-state index contributed by atoms with van der Waals surface area (Å²) in [4.78, 5) is -0.123. The van der Waals surface area contributed by atoms with Crippen molar-refractivity contribution in [2.45, 2.75) is 37.4 Å². The molecule has 3 atom stereocenters. The first-order chi connectivity index (χ1) is 5.13. The lowest BCUT2D eigenvalue weighted by Gasteiger charge is -2.26. The molecule has 0 aliphatic heterocycles. The van der Waals surface area contributed by atoms with Crippen molar-refractivity contribution in [1.29, 1.82) is 0 Å². The van der Waals surface area contributed by atoms with Gasteiger partial charge in [-0.25, -0.2) is 0 Å². The van der Waals surface area contributed by atoms with E-state index >= 15 is 0 Å². The average Bonchev–Trinajstić information content (AvgIpc) is 2.58. The van der Waals surface area contributed by atoms with Gasteiger partial charge in [0.15, 0.2) is 0 Å². The standard InChI is InChI=1S/C9H14Cl2/c1-9-4-2-3-6(8(10)11)7(9)5-9/h6-8H,2-5H2,1H3/t6-,7-,9-/m1/s1. The molecule has 0 nitrogen and oxygen atoms in total. The Morgan fingerprint density at radius 1 is 1.45 bits per heavy atom. The molecule has 0 radical (unpaired) electrons. The van der Waals surface area contributed by atoms with E-state index in [1.807, 2.05) is 0 Å². The number of halogens is 2. The molecule has 11 heavy (non-hydrogen) atoms. The van der Waals surface area contributed by atoms with E-state index in [0.29, 0.717) is 11.3 Å². The van der Waals surface area contributed by atoms with E-state index in [2.05, 4.69) is 6.92 Å². The molecule has 2 aliphatic carbocycles. The predicted octanol–water partition coefficient (Wildman–Crippen LogP) is 3.62. The Hall–Kier alpha value is 0.580. The molecular formula is C9H14Cl2. The van der Waals surface area contributed by atoms with Crippen molar-refractivity contribution in [1.82, 2.24) is 0 Å². The Bertz CT molecular complexity index is 167. The molecule has 2 saturated carbocycles. The SMILES string of the molecule is C[C@]12CCC[C@@H](C(Cl)Cl)[C@H]1C2. The molecular weight excluding hydrogens is 179 g/mol. The van der Waals surface area contributed by atoms with E-state index in [1.54, 1.807) is 0 Å². The fourth-order valence-electron chi connectivity index (χ4n) is 2.64. The summed E-state index contributed by atoms with van der Waals surface area (Å²) in [6, 6.07) is 0. The summed E-state index contributed by atoms with van der Waals surface area (Å²) >= 11 is 11.8. The third-order valence-electron chi connectivity index (χ3n) is 3.55. The highest BCUT2D eigenvalue weighted by Crippen LogP contribution is 2.64. The van der Waals surface area contributed by atoms with Crippen LogP contribution >= 0.6 is 23.2 Å². The van der Waals surface area contributed by atoms with Crippen LogP contribution in [-0.2, 0) is 0 Å². The number of rotatable bonds is 1. The zero-order valence-electron chi connectivity index (χ0n) is 6.82. The Morgan fingerprint density at radius 3 is 2.73 bits per heavy atom. The van der Waals surface area contributed by atoms with Crippen LogP contribution in [-0.4, -0.2) is 4.84 Å². The normalized spacial score (nSPS) is 49.1. The van der Waals surface area contributed by atoms with Gasteiger partial charge in [0.2, 0.25) is 0 Å². The summed E-state index contributed by atoms with van der Waals surface area (Å²) < 4.78 is 0.